The van der Waals surface area contributed by atoms with Crippen LogP contribution < -0.4 is 32.7 Å². The Hall–Kier alpha value is -4.64. The molecule has 246 valence electrons. The smallest absolute Gasteiger partial charge is 0.269 e. The summed E-state index contributed by atoms with van der Waals surface area (Å²) >= 11 is 0. The van der Waals surface area contributed by atoms with Gasteiger partial charge in [0.25, 0.3) is 5.69 Å². The summed E-state index contributed by atoms with van der Waals surface area (Å²) in [4.78, 5) is 86.0. The number of primary amides is 2. The largest absolute Gasteiger partial charge is 0.368 e. The molecule has 1 aliphatic rings. The van der Waals surface area contributed by atoms with E-state index in [1.54, 1.807) is 12.1 Å². The van der Waals surface area contributed by atoms with Crippen LogP contribution in [0.25, 0.3) is 0 Å². The normalized spacial score (nSPS) is 19.5. The number of rotatable bonds is 9. The zero-order chi connectivity index (χ0) is 34.0. The van der Waals surface area contributed by atoms with Crippen LogP contribution in [0.5, 0.6) is 0 Å². The van der Waals surface area contributed by atoms with Crippen molar-refractivity contribution in [2.45, 2.75) is 51.2 Å². The third-order valence-corrected chi connectivity index (χ3v) is 9.53. The second-order valence-corrected chi connectivity index (χ2v) is 13.1. The van der Waals surface area contributed by atoms with Gasteiger partial charge in [0.2, 0.25) is 35.4 Å². The van der Waals surface area contributed by atoms with Gasteiger partial charge in [-0.25, -0.2) is 0 Å². The van der Waals surface area contributed by atoms with Crippen LogP contribution in [0.1, 0.15) is 39.0 Å². The predicted molar refractivity (Wildman–Crippen MR) is 172 cm³/mol. The van der Waals surface area contributed by atoms with Crippen LogP contribution in [0, 0.1) is 24.0 Å². The van der Waals surface area contributed by atoms with Crippen molar-refractivity contribution >= 4 is 62.7 Å². The van der Waals surface area contributed by atoms with Gasteiger partial charge in [-0.3, -0.25) is 38.9 Å². The molecule has 15 nitrogen and oxygen atoms in total. The number of hydrogen-bond acceptors (Lipinski definition) is 10. The minimum absolute atomic E-state index is 0.0338. The standard InChI is InChI=1S/C29H35N7O8S2/c1-15-9-18(26(30)39)10-16(2)20(15)7-8-24(37)34-23-14-46-45-13-22(27(31)40)35-29(42)21(33-25(38)12-32-28(23)41)11-17-3-5-19(6-4-17)36(43)44/h3-6,9-10,21-23H,7-8,11-14H2,1-2H3,(H2,30,39)(H2,31,40)(H,32,41)(H,33,38)(H,34,37)(H,35,42). The van der Waals surface area contributed by atoms with E-state index in [1.165, 1.54) is 35.1 Å². The third kappa shape index (κ3) is 10.5. The molecule has 1 heterocycles. The Labute approximate surface area is 272 Å². The second kappa shape index (κ2) is 16.6. The Kier molecular flexibility index (Phi) is 12.9. The summed E-state index contributed by atoms with van der Waals surface area (Å²) in [5.41, 5.74) is 14.1. The highest BCUT2D eigenvalue weighted by Crippen LogP contribution is 2.24. The van der Waals surface area contributed by atoms with E-state index in [4.69, 9.17) is 11.5 Å². The maximum atomic E-state index is 13.1. The molecule has 0 aliphatic carbocycles. The molecule has 0 aromatic heterocycles. The van der Waals surface area contributed by atoms with Crippen LogP contribution in [0.3, 0.4) is 0 Å². The van der Waals surface area contributed by atoms with Crippen LogP contribution in [0.4, 0.5) is 5.69 Å². The van der Waals surface area contributed by atoms with E-state index < -0.39 is 65.0 Å². The highest BCUT2D eigenvalue weighted by Gasteiger charge is 2.28. The predicted octanol–water partition coefficient (Wildman–Crippen LogP) is -0.0633. The highest BCUT2D eigenvalue weighted by atomic mass is 33.1. The zero-order valence-electron chi connectivity index (χ0n) is 25.1. The quantitative estimate of drug-likeness (QED) is 0.118. The van der Waals surface area contributed by atoms with E-state index in [1.807, 2.05) is 13.8 Å². The minimum atomic E-state index is -1.20. The van der Waals surface area contributed by atoms with Crippen LogP contribution in [-0.4, -0.2) is 76.5 Å². The Balaban J connectivity index is 1.71. The SMILES string of the molecule is Cc1cc(C(N)=O)cc(C)c1CCC(=O)NC1CSSCC(C(N)=O)NC(=O)C(Cc2ccc([N+](=O)[O-])cc2)NC(=O)CNC1=O. The zero-order valence-corrected chi connectivity index (χ0v) is 26.8. The van der Waals surface area contributed by atoms with E-state index in [0.29, 0.717) is 17.5 Å². The number of non-ortho nitro benzene ring substituents is 1. The molecule has 46 heavy (non-hydrogen) atoms. The molecule has 17 heteroatoms. The molecular formula is C29H35N7O8S2. The number of carbonyl (C=O) groups is 6. The van der Waals surface area contributed by atoms with Gasteiger partial charge in [0.05, 0.1) is 11.5 Å². The average Bonchev–Trinajstić information content (AvgIpc) is 2.99. The van der Waals surface area contributed by atoms with Crippen molar-refractivity contribution in [3.8, 4) is 0 Å². The molecule has 2 aromatic rings. The van der Waals surface area contributed by atoms with Gasteiger partial charge in [-0.2, -0.15) is 0 Å². The number of nitro groups is 1. The van der Waals surface area contributed by atoms with Gasteiger partial charge in [0.15, 0.2) is 0 Å². The third-order valence-electron chi connectivity index (χ3n) is 7.11. The molecule has 3 unspecified atom stereocenters. The number of nitrogens with zero attached hydrogens (tertiary/aromatic N) is 1. The average molecular weight is 674 g/mol. The highest BCUT2D eigenvalue weighted by molar-refractivity contribution is 8.76. The monoisotopic (exact) mass is 673 g/mol. The van der Waals surface area contributed by atoms with E-state index in [0.717, 1.165) is 27.5 Å². The molecule has 1 saturated heterocycles. The van der Waals surface area contributed by atoms with Crippen LogP contribution in [0.15, 0.2) is 36.4 Å². The maximum absolute atomic E-state index is 13.1. The van der Waals surface area contributed by atoms with Crippen molar-refractivity contribution in [2.24, 2.45) is 11.5 Å². The molecule has 0 saturated carbocycles. The summed E-state index contributed by atoms with van der Waals surface area (Å²) in [5.74, 6) is -3.72. The van der Waals surface area contributed by atoms with Crippen molar-refractivity contribution in [1.82, 2.24) is 21.3 Å². The number of carbonyl (C=O) groups excluding carboxylic acids is 6. The fourth-order valence-electron chi connectivity index (χ4n) is 4.65. The Morgan fingerprint density at radius 3 is 2.20 bits per heavy atom. The number of nitrogens with one attached hydrogen (secondary N) is 4. The van der Waals surface area contributed by atoms with Gasteiger partial charge in [-0.05, 0) is 54.7 Å². The first-order chi connectivity index (χ1) is 21.7. The lowest BCUT2D eigenvalue weighted by atomic mass is 9.95. The summed E-state index contributed by atoms with van der Waals surface area (Å²) in [6.45, 7) is 3.11. The molecule has 0 bridgehead atoms. The number of amides is 6. The van der Waals surface area contributed by atoms with Gasteiger partial charge in [0.1, 0.15) is 18.1 Å². The molecule has 8 N–H and O–H groups in total. The first kappa shape index (κ1) is 35.8. The van der Waals surface area contributed by atoms with Gasteiger partial charge in [-0.1, -0.05) is 33.7 Å². The molecule has 0 spiro atoms. The number of aryl methyl sites for hydroxylation is 2. The molecule has 2 aromatic carbocycles. The first-order valence-electron chi connectivity index (χ1n) is 14.1. The van der Waals surface area contributed by atoms with E-state index in [2.05, 4.69) is 21.3 Å². The van der Waals surface area contributed by atoms with Gasteiger partial charge in [0, 0.05) is 42.0 Å². The topological polar surface area (TPSA) is 246 Å². The van der Waals surface area contributed by atoms with Crippen molar-refractivity contribution < 1.29 is 33.7 Å². The number of nitro benzene ring substituents is 1. The van der Waals surface area contributed by atoms with Gasteiger partial charge in [-0.15, -0.1) is 0 Å². The van der Waals surface area contributed by atoms with Crippen LogP contribution >= 0.6 is 21.6 Å². The molecule has 1 fully saturated rings. The summed E-state index contributed by atoms with van der Waals surface area (Å²) in [7, 11) is 2.33. The second-order valence-electron chi connectivity index (χ2n) is 10.6. The number of benzene rings is 2. The lowest BCUT2D eigenvalue weighted by Crippen LogP contribution is -2.56. The first-order valence-corrected chi connectivity index (χ1v) is 16.6. The Bertz CT molecular complexity index is 1500. The summed E-state index contributed by atoms with van der Waals surface area (Å²) in [6.07, 6.45) is 0.316. The van der Waals surface area contributed by atoms with Crippen molar-refractivity contribution in [3.05, 3.63) is 74.3 Å². The molecule has 3 rings (SSSR count). The minimum Gasteiger partial charge on any atom is -0.368 e. The molecule has 6 amide bonds. The Morgan fingerprint density at radius 2 is 1.61 bits per heavy atom. The molecule has 1 aliphatic heterocycles. The summed E-state index contributed by atoms with van der Waals surface area (Å²) in [6, 6.07) is 5.37. The van der Waals surface area contributed by atoms with Crippen LogP contribution in [0.2, 0.25) is 0 Å². The fraction of sp³-hybridized carbons (Fsp3) is 0.379. The number of hydrogen-bond donors (Lipinski definition) is 6. The van der Waals surface area contributed by atoms with Gasteiger partial charge < -0.3 is 32.7 Å². The lowest BCUT2D eigenvalue weighted by molar-refractivity contribution is -0.384. The van der Waals surface area contributed by atoms with Gasteiger partial charge >= 0.3 is 0 Å². The van der Waals surface area contributed by atoms with Crippen molar-refractivity contribution in [1.29, 1.82) is 0 Å². The molecular weight excluding hydrogens is 638 g/mol. The summed E-state index contributed by atoms with van der Waals surface area (Å²) in [5, 5.41) is 21.2. The fourth-order valence-corrected chi connectivity index (χ4v) is 6.99. The Morgan fingerprint density at radius 1 is 0.978 bits per heavy atom. The van der Waals surface area contributed by atoms with Crippen molar-refractivity contribution in [2.75, 3.05) is 18.1 Å². The summed E-state index contributed by atoms with van der Waals surface area (Å²) < 4.78 is 0. The number of nitrogens with two attached hydrogens (primary N) is 2. The molecule has 3 atom stereocenters. The van der Waals surface area contributed by atoms with Crippen molar-refractivity contribution in [3.63, 3.8) is 0 Å². The van der Waals surface area contributed by atoms with E-state index in [9.17, 15) is 38.9 Å². The van der Waals surface area contributed by atoms with E-state index >= 15 is 0 Å². The molecule has 0 radical (unpaired) electrons. The van der Waals surface area contributed by atoms with Crippen LogP contribution in [-0.2, 0) is 36.8 Å². The maximum Gasteiger partial charge on any atom is 0.269 e. The van der Waals surface area contributed by atoms with E-state index in [-0.39, 0.29) is 30.0 Å². The lowest BCUT2D eigenvalue weighted by Gasteiger charge is -2.24.